The van der Waals surface area contributed by atoms with Gasteiger partial charge in [-0.3, -0.25) is 9.64 Å². The van der Waals surface area contributed by atoms with E-state index in [1.165, 1.54) is 6.42 Å². The Morgan fingerprint density at radius 2 is 1.82 bits per heavy atom. The molecular weight excluding hydrogens is 212 g/mol. The highest BCUT2D eigenvalue weighted by Crippen LogP contribution is 2.22. The third kappa shape index (κ3) is 2.65. The fraction of sp³-hybridized carbons (Fsp3) is 0.429. The van der Waals surface area contributed by atoms with Gasteiger partial charge in [-0.1, -0.05) is 30.3 Å². The van der Waals surface area contributed by atoms with Gasteiger partial charge in [0.05, 0.1) is 0 Å². The molecule has 3 nitrogen and oxygen atoms in total. The molecule has 0 spiro atoms. The van der Waals surface area contributed by atoms with Gasteiger partial charge in [0.1, 0.15) is 0 Å². The summed E-state index contributed by atoms with van der Waals surface area (Å²) in [6.45, 7) is 8.83. The largest absolute Gasteiger partial charge is 0.336 e. The van der Waals surface area contributed by atoms with Crippen LogP contribution in [0, 0.1) is 6.57 Å². The first-order valence-corrected chi connectivity index (χ1v) is 6.03. The molecule has 1 atom stereocenters. The molecule has 0 bridgehead atoms. The normalized spacial score (nSPS) is 17.2. The number of carbonyl (C=O) groups is 1. The summed E-state index contributed by atoms with van der Waals surface area (Å²) in [6, 6.07) is 8.69. The third-order valence-corrected chi connectivity index (χ3v) is 3.15. The van der Waals surface area contributed by atoms with Gasteiger partial charge in [0.2, 0.25) is 0 Å². The van der Waals surface area contributed by atoms with Gasteiger partial charge < -0.3 is 4.90 Å². The molecule has 1 heterocycles. The van der Waals surface area contributed by atoms with Gasteiger partial charge >= 0.3 is 11.9 Å². The quantitative estimate of drug-likeness (QED) is 0.714. The Kier molecular flexibility index (Phi) is 3.77. The number of piperidine rings is 1. The van der Waals surface area contributed by atoms with E-state index in [0.29, 0.717) is 0 Å². The Hall–Kier alpha value is -1.82. The van der Waals surface area contributed by atoms with Crippen molar-refractivity contribution in [2.75, 3.05) is 13.1 Å². The number of hydrogen-bond acceptors (Lipinski definition) is 1. The predicted octanol–water partition coefficient (Wildman–Crippen LogP) is 2.66. The van der Waals surface area contributed by atoms with Crippen LogP contribution >= 0.6 is 0 Å². The monoisotopic (exact) mass is 228 g/mol. The highest BCUT2D eigenvalue weighted by molar-refractivity contribution is 5.85. The van der Waals surface area contributed by atoms with Crippen molar-refractivity contribution in [2.45, 2.75) is 25.3 Å². The number of hydrogen-bond donors (Lipinski definition) is 0. The van der Waals surface area contributed by atoms with Crippen molar-refractivity contribution in [2.24, 2.45) is 0 Å². The lowest BCUT2D eigenvalue weighted by Crippen LogP contribution is -2.38. The highest BCUT2D eigenvalue weighted by atomic mass is 16.2. The summed E-state index contributed by atoms with van der Waals surface area (Å²) in [4.78, 5) is 17.6. The van der Waals surface area contributed by atoms with E-state index in [0.717, 1.165) is 31.5 Å². The average Bonchev–Trinajstić information content (AvgIpc) is 2.42. The fourth-order valence-corrected chi connectivity index (χ4v) is 2.19. The molecule has 0 aromatic heterocycles. The number of likely N-dealkylation sites (tertiary alicyclic amines) is 1. The van der Waals surface area contributed by atoms with Crippen LogP contribution in [-0.4, -0.2) is 23.9 Å². The number of benzene rings is 1. The minimum absolute atomic E-state index is 0.0362. The van der Waals surface area contributed by atoms with Crippen molar-refractivity contribution in [1.82, 2.24) is 4.90 Å². The SMILES string of the molecule is [C-]#[N+]C(C(=O)N1CCCCC1)c1ccccc1. The van der Waals surface area contributed by atoms with E-state index in [-0.39, 0.29) is 5.91 Å². The van der Waals surface area contributed by atoms with Crippen LogP contribution in [0.15, 0.2) is 30.3 Å². The van der Waals surface area contributed by atoms with E-state index in [2.05, 4.69) is 4.85 Å². The average molecular weight is 228 g/mol. The maximum Gasteiger partial charge on any atom is 0.325 e. The van der Waals surface area contributed by atoms with Crippen LogP contribution in [0.3, 0.4) is 0 Å². The molecule has 1 aromatic carbocycles. The van der Waals surface area contributed by atoms with Gasteiger partial charge in [0.25, 0.3) is 0 Å². The van der Waals surface area contributed by atoms with Crippen LogP contribution in [0.1, 0.15) is 30.9 Å². The van der Waals surface area contributed by atoms with Crippen LogP contribution in [-0.2, 0) is 4.79 Å². The molecule has 0 radical (unpaired) electrons. The number of rotatable bonds is 2. The summed E-state index contributed by atoms with van der Waals surface area (Å²) >= 11 is 0. The zero-order chi connectivity index (χ0) is 12.1. The summed E-state index contributed by atoms with van der Waals surface area (Å²) < 4.78 is 0. The Morgan fingerprint density at radius 1 is 1.18 bits per heavy atom. The van der Waals surface area contributed by atoms with Crippen molar-refractivity contribution in [3.8, 4) is 0 Å². The van der Waals surface area contributed by atoms with Crippen LogP contribution in [0.5, 0.6) is 0 Å². The lowest BCUT2D eigenvalue weighted by molar-refractivity contribution is -0.132. The molecule has 1 fully saturated rings. The fourth-order valence-electron chi connectivity index (χ4n) is 2.19. The Bertz CT molecular complexity index is 416. The molecule has 1 aliphatic rings. The molecule has 1 amide bonds. The van der Waals surface area contributed by atoms with Crippen LogP contribution in [0.25, 0.3) is 4.85 Å². The molecule has 0 N–H and O–H groups in total. The van der Waals surface area contributed by atoms with E-state index < -0.39 is 6.04 Å². The van der Waals surface area contributed by atoms with Crippen LogP contribution in [0.2, 0.25) is 0 Å². The molecule has 2 rings (SSSR count). The van der Waals surface area contributed by atoms with E-state index in [9.17, 15) is 4.79 Å². The van der Waals surface area contributed by atoms with Gasteiger partial charge in [-0.25, -0.2) is 6.57 Å². The molecule has 3 heteroatoms. The minimum atomic E-state index is -0.658. The zero-order valence-electron chi connectivity index (χ0n) is 9.80. The number of carbonyl (C=O) groups excluding carboxylic acids is 1. The summed E-state index contributed by atoms with van der Waals surface area (Å²) in [5, 5.41) is 0. The second kappa shape index (κ2) is 5.49. The molecule has 1 aromatic rings. The first-order chi connectivity index (χ1) is 8.33. The summed E-state index contributed by atoms with van der Waals surface area (Å²) in [5.74, 6) is -0.0362. The van der Waals surface area contributed by atoms with Gasteiger partial charge in [-0.05, 0) is 19.3 Å². The van der Waals surface area contributed by atoms with E-state index in [1.54, 1.807) is 0 Å². The highest BCUT2D eigenvalue weighted by Gasteiger charge is 2.31. The Labute approximate surface area is 102 Å². The van der Waals surface area contributed by atoms with Crippen LogP contribution < -0.4 is 0 Å². The van der Waals surface area contributed by atoms with Crippen molar-refractivity contribution in [3.63, 3.8) is 0 Å². The molecule has 1 unspecified atom stereocenters. The van der Waals surface area contributed by atoms with Crippen molar-refractivity contribution in [1.29, 1.82) is 0 Å². The topological polar surface area (TPSA) is 24.7 Å². The van der Waals surface area contributed by atoms with Gasteiger partial charge in [-0.2, -0.15) is 0 Å². The third-order valence-electron chi connectivity index (χ3n) is 3.15. The molecule has 1 aliphatic heterocycles. The molecule has 17 heavy (non-hydrogen) atoms. The van der Waals surface area contributed by atoms with Crippen molar-refractivity contribution >= 4 is 5.91 Å². The smallest absolute Gasteiger partial charge is 0.325 e. The zero-order valence-corrected chi connectivity index (χ0v) is 9.80. The van der Waals surface area contributed by atoms with Crippen molar-refractivity contribution < 1.29 is 4.79 Å². The van der Waals surface area contributed by atoms with Gasteiger partial charge in [0, 0.05) is 18.7 Å². The Balaban J connectivity index is 2.13. The Morgan fingerprint density at radius 3 is 2.41 bits per heavy atom. The lowest BCUT2D eigenvalue weighted by atomic mass is 10.0. The van der Waals surface area contributed by atoms with E-state index in [4.69, 9.17) is 6.57 Å². The van der Waals surface area contributed by atoms with Crippen molar-refractivity contribution in [3.05, 3.63) is 47.3 Å². The molecular formula is C14H16N2O. The van der Waals surface area contributed by atoms with Gasteiger partial charge in [-0.15, -0.1) is 0 Å². The molecule has 88 valence electrons. The number of nitrogens with zero attached hydrogens (tertiary/aromatic N) is 2. The first kappa shape index (κ1) is 11.7. The van der Waals surface area contributed by atoms with E-state index >= 15 is 0 Å². The predicted molar refractivity (Wildman–Crippen MR) is 66.2 cm³/mol. The standard InChI is InChI=1S/C14H16N2O/c1-15-13(12-8-4-2-5-9-12)14(17)16-10-6-3-7-11-16/h2,4-5,8-9,13H,3,6-7,10-11H2. The van der Waals surface area contributed by atoms with Crippen LogP contribution in [0.4, 0.5) is 0 Å². The minimum Gasteiger partial charge on any atom is -0.336 e. The summed E-state index contributed by atoms with van der Waals surface area (Å²) in [6.07, 6.45) is 3.31. The maximum atomic E-state index is 12.2. The second-order valence-electron chi connectivity index (χ2n) is 4.33. The molecule has 0 aliphatic carbocycles. The molecule has 0 saturated carbocycles. The number of amides is 1. The molecule has 1 saturated heterocycles. The second-order valence-corrected chi connectivity index (χ2v) is 4.33. The lowest BCUT2D eigenvalue weighted by Gasteiger charge is -2.26. The summed E-state index contributed by atoms with van der Waals surface area (Å²) in [7, 11) is 0. The van der Waals surface area contributed by atoms with Gasteiger partial charge in [0.15, 0.2) is 0 Å². The summed E-state index contributed by atoms with van der Waals surface area (Å²) in [5.41, 5.74) is 0.804. The maximum absolute atomic E-state index is 12.2. The first-order valence-electron chi connectivity index (χ1n) is 6.03. The van der Waals surface area contributed by atoms with E-state index in [1.807, 2.05) is 35.2 Å².